The zero-order chi connectivity index (χ0) is 18.4. The summed E-state index contributed by atoms with van der Waals surface area (Å²) < 4.78 is 15.9. The monoisotopic (exact) mass is 350 g/mol. The summed E-state index contributed by atoms with van der Waals surface area (Å²) in [6, 6.07) is 17.8. The van der Waals surface area contributed by atoms with Gasteiger partial charge in [0.2, 0.25) is 5.76 Å². The predicted molar refractivity (Wildman–Crippen MR) is 96.4 cm³/mol. The lowest BCUT2D eigenvalue weighted by Gasteiger charge is -2.08. The molecule has 1 aromatic heterocycles. The Morgan fingerprint density at radius 2 is 1.81 bits per heavy atom. The van der Waals surface area contributed by atoms with Crippen molar-refractivity contribution in [3.8, 4) is 16.9 Å². The average Bonchev–Trinajstić information content (AvgIpc) is 3.17. The Hall–Kier alpha value is -3.34. The molecule has 0 fully saturated rings. The fraction of sp³-hybridized carbons (Fsp3) is 0.143. The summed E-state index contributed by atoms with van der Waals surface area (Å²) in [7, 11) is 0. The average molecular weight is 350 g/mol. The maximum Gasteiger partial charge on any atom is 0.374 e. The summed E-state index contributed by atoms with van der Waals surface area (Å²) >= 11 is 0. The van der Waals surface area contributed by atoms with E-state index in [0.717, 1.165) is 5.56 Å². The second-order valence-corrected chi connectivity index (χ2v) is 5.49. The molecule has 0 radical (unpaired) electrons. The molecule has 0 aliphatic rings. The number of furan rings is 1. The van der Waals surface area contributed by atoms with Crippen molar-refractivity contribution in [1.82, 2.24) is 0 Å². The van der Waals surface area contributed by atoms with Crippen molar-refractivity contribution in [3.05, 3.63) is 78.3 Å². The molecule has 5 heteroatoms. The van der Waals surface area contributed by atoms with Gasteiger partial charge in [-0.3, -0.25) is 4.79 Å². The Labute approximate surface area is 151 Å². The highest BCUT2D eigenvalue weighted by Gasteiger charge is 2.18. The van der Waals surface area contributed by atoms with Crippen LogP contribution in [0.15, 0.2) is 71.3 Å². The molecule has 26 heavy (non-hydrogen) atoms. The zero-order valence-electron chi connectivity index (χ0n) is 14.3. The normalized spacial score (nSPS) is 10.3. The summed E-state index contributed by atoms with van der Waals surface area (Å²) in [4.78, 5) is 24.1. The van der Waals surface area contributed by atoms with Gasteiger partial charge in [0.05, 0.1) is 12.9 Å². The number of carbonyl (C=O) groups excluding carboxylic acids is 2. The van der Waals surface area contributed by atoms with Crippen LogP contribution in [0.2, 0.25) is 0 Å². The molecule has 0 unspecified atom stereocenters. The maximum atomic E-state index is 12.1. The van der Waals surface area contributed by atoms with E-state index in [-0.39, 0.29) is 24.8 Å². The summed E-state index contributed by atoms with van der Waals surface area (Å²) in [6.07, 6.45) is 1.44. The van der Waals surface area contributed by atoms with Crippen molar-refractivity contribution in [1.29, 1.82) is 0 Å². The lowest BCUT2D eigenvalue weighted by molar-refractivity contribution is 0.0491. The van der Waals surface area contributed by atoms with Gasteiger partial charge in [0.25, 0.3) is 0 Å². The predicted octanol–water partition coefficient (Wildman–Crippen LogP) is 4.39. The van der Waals surface area contributed by atoms with Crippen LogP contribution in [0.3, 0.4) is 0 Å². The lowest BCUT2D eigenvalue weighted by Crippen LogP contribution is -2.11. The lowest BCUT2D eigenvalue weighted by atomic mass is 10.1. The summed E-state index contributed by atoms with van der Waals surface area (Å²) in [6.45, 7) is 1.94. The fourth-order valence-corrected chi connectivity index (χ4v) is 2.50. The minimum absolute atomic E-state index is 0.0659. The molecule has 3 aromatic rings. The molecular weight excluding hydrogens is 332 g/mol. The number of benzene rings is 2. The SMILES string of the molecule is CCOC(=O)c1occc1-c1cccc(OCC(=O)c2ccccc2)c1. The Kier molecular flexibility index (Phi) is 5.49. The number of hydrogen-bond acceptors (Lipinski definition) is 5. The first kappa shape index (κ1) is 17.5. The van der Waals surface area contributed by atoms with Crippen LogP contribution in [-0.4, -0.2) is 25.0 Å². The number of ether oxygens (including phenoxy) is 2. The largest absolute Gasteiger partial charge is 0.485 e. The van der Waals surface area contributed by atoms with Crippen LogP contribution in [0, 0.1) is 0 Å². The molecule has 5 nitrogen and oxygen atoms in total. The van der Waals surface area contributed by atoms with E-state index in [2.05, 4.69) is 0 Å². The Morgan fingerprint density at radius 3 is 2.58 bits per heavy atom. The molecule has 0 aliphatic heterocycles. The van der Waals surface area contributed by atoms with E-state index in [0.29, 0.717) is 16.9 Å². The summed E-state index contributed by atoms with van der Waals surface area (Å²) in [5, 5.41) is 0. The van der Waals surface area contributed by atoms with Gasteiger partial charge in [0, 0.05) is 11.1 Å². The highest BCUT2D eigenvalue weighted by atomic mass is 16.5. The van der Waals surface area contributed by atoms with Gasteiger partial charge in [-0.25, -0.2) is 4.79 Å². The highest BCUT2D eigenvalue weighted by Crippen LogP contribution is 2.28. The van der Waals surface area contributed by atoms with Crippen LogP contribution < -0.4 is 4.74 Å². The van der Waals surface area contributed by atoms with E-state index >= 15 is 0 Å². The molecule has 0 atom stereocenters. The molecular formula is C21H18O5. The van der Waals surface area contributed by atoms with Gasteiger partial charge < -0.3 is 13.9 Å². The number of Topliss-reactive ketones (excluding diaryl/α,β-unsaturated/α-hetero) is 1. The van der Waals surface area contributed by atoms with Crippen LogP contribution in [0.25, 0.3) is 11.1 Å². The van der Waals surface area contributed by atoms with Crippen LogP contribution in [0.5, 0.6) is 5.75 Å². The molecule has 0 N–H and O–H groups in total. The topological polar surface area (TPSA) is 65.7 Å². The van der Waals surface area contributed by atoms with Gasteiger partial charge in [-0.1, -0.05) is 42.5 Å². The first-order valence-electron chi connectivity index (χ1n) is 8.25. The van der Waals surface area contributed by atoms with E-state index in [1.807, 2.05) is 24.3 Å². The van der Waals surface area contributed by atoms with E-state index in [1.165, 1.54) is 6.26 Å². The molecule has 0 amide bonds. The molecule has 3 rings (SSSR count). The fourth-order valence-electron chi connectivity index (χ4n) is 2.50. The summed E-state index contributed by atoms with van der Waals surface area (Å²) in [5.41, 5.74) is 1.96. The molecule has 0 bridgehead atoms. The van der Waals surface area contributed by atoms with Gasteiger partial charge in [-0.2, -0.15) is 0 Å². The van der Waals surface area contributed by atoms with E-state index in [9.17, 15) is 9.59 Å². The van der Waals surface area contributed by atoms with Crippen molar-refractivity contribution in [2.75, 3.05) is 13.2 Å². The summed E-state index contributed by atoms with van der Waals surface area (Å²) in [5.74, 6) is 0.0526. The molecule has 0 spiro atoms. The van der Waals surface area contributed by atoms with Crippen molar-refractivity contribution in [2.24, 2.45) is 0 Å². The number of esters is 1. The van der Waals surface area contributed by atoms with Gasteiger partial charge >= 0.3 is 5.97 Å². The Morgan fingerprint density at radius 1 is 1.00 bits per heavy atom. The van der Waals surface area contributed by atoms with Crippen LogP contribution in [-0.2, 0) is 4.74 Å². The zero-order valence-corrected chi connectivity index (χ0v) is 14.3. The quantitative estimate of drug-likeness (QED) is 0.467. The number of rotatable bonds is 7. The third-order valence-corrected chi connectivity index (χ3v) is 3.74. The molecule has 0 aliphatic carbocycles. The van der Waals surface area contributed by atoms with Gasteiger partial charge in [-0.15, -0.1) is 0 Å². The second kappa shape index (κ2) is 8.16. The molecule has 1 heterocycles. The minimum Gasteiger partial charge on any atom is -0.485 e. The van der Waals surface area contributed by atoms with Crippen molar-refractivity contribution in [2.45, 2.75) is 6.92 Å². The number of carbonyl (C=O) groups is 2. The Balaban J connectivity index is 1.74. The third kappa shape index (κ3) is 4.00. The van der Waals surface area contributed by atoms with Crippen molar-refractivity contribution < 1.29 is 23.5 Å². The third-order valence-electron chi connectivity index (χ3n) is 3.74. The van der Waals surface area contributed by atoms with Crippen molar-refractivity contribution >= 4 is 11.8 Å². The number of hydrogen-bond donors (Lipinski definition) is 0. The second-order valence-electron chi connectivity index (χ2n) is 5.49. The minimum atomic E-state index is -0.516. The molecule has 2 aromatic carbocycles. The molecule has 0 saturated carbocycles. The van der Waals surface area contributed by atoms with Gasteiger partial charge in [0.15, 0.2) is 12.4 Å². The maximum absolute atomic E-state index is 12.1. The van der Waals surface area contributed by atoms with E-state index in [4.69, 9.17) is 13.9 Å². The highest BCUT2D eigenvalue weighted by molar-refractivity contribution is 5.97. The standard InChI is InChI=1S/C21H18O5/c1-2-24-21(23)20-18(11-12-25-20)16-9-6-10-17(13-16)26-14-19(22)15-7-4-3-5-8-15/h3-13H,2,14H2,1H3. The van der Waals surface area contributed by atoms with Crippen LogP contribution >= 0.6 is 0 Å². The number of ketones is 1. The first-order chi connectivity index (χ1) is 12.7. The van der Waals surface area contributed by atoms with Gasteiger partial charge in [-0.05, 0) is 30.7 Å². The molecule has 0 saturated heterocycles. The van der Waals surface area contributed by atoms with Crippen molar-refractivity contribution in [3.63, 3.8) is 0 Å². The Bertz CT molecular complexity index is 896. The smallest absolute Gasteiger partial charge is 0.374 e. The van der Waals surface area contributed by atoms with Crippen LogP contribution in [0.1, 0.15) is 27.8 Å². The first-order valence-corrected chi connectivity index (χ1v) is 8.25. The van der Waals surface area contributed by atoms with E-state index in [1.54, 1.807) is 43.3 Å². The van der Waals surface area contributed by atoms with Crippen LogP contribution in [0.4, 0.5) is 0 Å². The molecule has 132 valence electrons. The van der Waals surface area contributed by atoms with Gasteiger partial charge in [0.1, 0.15) is 5.75 Å². The van der Waals surface area contributed by atoms with E-state index < -0.39 is 5.97 Å².